The molecule has 1 atom stereocenters. The Morgan fingerprint density at radius 2 is 2.50 bits per heavy atom. The number of nitrogens with two attached hydrogens (primary N) is 1. The van der Waals surface area contributed by atoms with Crippen molar-refractivity contribution in [2.24, 2.45) is 12.9 Å². The van der Waals surface area contributed by atoms with Crippen molar-refractivity contribution in [1.82, 2.24) is 15.0 Å². The van der Waals surface area contributed by atoms with Gasteiger partial charge in [0.2, 0.25) is 0 Å². The normalized spacial score (nSPS) is 13.0. The molecule has 0 aliphatic rings. The number of hydrogen-bond donors (Lipinski definition) is 2. The summed E-state index contributed by atoms with van der Waals surface area (Å²) in [6.45, 7) is 0. The molecule has 74 valence electrons. The maximum absolute atomic E-state index is 5.48. The van der Waals surface area contributed by atoms with Gasteiger partial charge in [0.25, 0.3) is 0 Å². The number of hydrogen-bond acceptors (Lipinski definition) is 4. The highest BCUT2D eigenvalue weighted by atomic mass is 16.3. The van der Waals surface area contributed by atoms with Crippen LogP contribution < -0.4 is 11.3 Å². The molecule has 0 saturated carbocycles. The van der Waals surface area contributed by atoms with Crippen molar-refractivity contribution in [3.63, 3.8) is 0 Å². The van der Waals surface area contributed by atoms with Gasteiger partial charge in [0.05, 0.1) is 12.5 Å². The number of nitrogens with zero attached hydrogens (tertiary/aromatic N) is 2. The lowest BCUT2D eigenvalue weighted by atomic mass is 10.1. The molecule has 0 aliphatic carbocycles. The number of aryl methyl sites for hydroxylation is 1. The summed E-state index contributed by atoms with van der Waals surface area (Å²) in [5.74, 6) is 6.33. The van der Waals surface area contributed by atoms with Crippen LogP contribution in [0.3, 0.4) is 0 Å². The van der Waals surface area contributed by atoms with Gasteiger partial charge in [0.1, 0.15) is 11.9 Å². The van der Waals surface area contributed by atoms with Crippen molar-refractivity contribution in [1.29, 1.82) is 0 Å². The lowest BCUT2D eigenvalue weighted by Crippen LogP contribution is -2.30. The van der Waals surface area contributed by atoms with E-state index in [9.17, 15) is 0 Å². The first-order valence-corrected chi connectivity index (χ1v) is 4.28. The maximum atomic E-state index is 5.48. The van der Waals surface area contributed by atoms with Crippen molar-refractivity contribution >= 4 is 0 Å². The Balaban J connectivity index is 2.36. The highest BCUT2D eigenvalue weighted by Crippen LogP contribution is 2.19. The minimum absolute atomic E-state index is 0.131. The van der Waals surface area contributed by atoms with Gasteiger partial charge in [0, 0.05) is 25.0 Å². The minimum atomic E-state index is -0.131. The Labute approximate surface area is 81.5 Å². The first kappa shape index (κ1) is 8.98. The first-order chi connectivity index (χ1) is 6.83. The predicted molar refractivity (Wildman–Crippen MR) is 51.1 cm³/mol. The molecule has 5 heteroatoms. The average molecular weight is 192 g/mol. The topological polar surface area (TPSA) is 69.0 Å². The molecule has 0 saturated heterocycles. The van der Waals surface area contributed by atoms with Crippen LogP contribution in [0, 0.1) is 0 Å². The Hall–Kier alpha value is -1.59. The molecule has 0 spiro atoms. The summed E-state index contributed by atoms with van der Waals surface area (Å²) in [7, 11) is 1.92. The third-order valence-electron chi connectivity index (χ3n) is 2.16. The zero-order chi connectivity index (χ0) is 9.97. The number of imidazole rings is 1. The highest BCUT2D eigenvalue weighted by Gasteiger charge is 2.17. The molecule has 2 aromatic rings. The summed E-state index contributed by atoms with van der Waals surface area (Å²) in [4.78, 5) is 4.22. The van der Waals surface area contributed by atoms with E-state index in [0.717, 1.165) is 11.4 Å². The van der Waals surface area contributed by atoms with Crippen molar-refractivity contribution in [2.45, 2.75) is 6.04 Å². The van der Waals surface area contributed by atoms with Gasteiger partial charge in [-0.25, -0.2) is 10.4 Å². The number of rotatable bonds is 3. The van der Waals surface area contributed by atoms with Crippen LogP contribution in [0.25, 0.3) is 0 Å². The molecule has 0 aliphatic heterocycles. The third-order valence-corrected chi connectivity index (χ3v) is 2.16. The minimum Gasteiger partial charge on any atom is -0.472 e. The SMILES string of the molecule is Cn1ccnc1C(NN)c1ccoc1. The summed E-state index contributed by atoms with van der Waals surface area (Å²) in [5, 5.41) is 0. The fourth-order valence-corrected chi connectivity index (χ4v) is 1.41. The quantitative estimate of drug-likeness (QED) is 0.551. The lowest BCUT2D eigenvalue weighted by Gasteiger charge is -2.13. The van der Waals surface area contributed by atoms with Gasteiger partial charge in [-0.2, -0.15) is 0 Å². The van der Waals surface area contributed by atoms with Gasteiger partial charge >= 0.3 is 0 Å². The molecule has 2 heterocycles. The average Bonchev–Trinajstić information content (AvgIpc) is 2.80. The summed E-state index contributed by atoms with van der Waals surface area (Å²) in [6, 6.07) is 1.73. The van der Waals surface area contributed by atoms with Crippen LogP contribution in [0.15, 0.2) is 35.4 Å². The molecular weight excluding hydrogens is 180 g/mol. The molecule has 0 radical (unpaired) electrons. The Kier molecular flexibility index (Phi) is 2.34. The van der Waals surface area contributed by atoms with E-state index in [-0.39, 0.29) is 6.04 Å². The van der Waals surface area contributed by atoms with Gasteiger partial charge in [-0.15, -0.1) is 0 Å². The molecule has 0 aromatic carbocycles. The summed E-state index contributed by atoms with van der Waals surface area (Å²) in [6.07, 6.45) is 6.88. The number of aromatic nitrogens is 2. The van der Waals surface area contributed by atoms with Crippen molar-refractivity contribution < 1.29 is 4.42 Å². The van der Waals surface area contributed by atoms with Gasteiger partial charge in [-0.3, -0.25) is 5.84 Å². The van der Waals surface area contributed by atoms with Crippen LogP contribution in [0.5, 0.6) is 0 Å². The third kappa shape index (κ3) is 1.43. The summed E-state index contributed by atoms with van der Waals surface area (Å²) in [5.41, 5.74) is 3.66. The molecule has 1 unspecified atom stereocenters. The van der Waals surface area contributed by atoms with Gasteiger partial charge < -0.3 is 8.98 Å². The Morgan fingerprint density at radius 3 is 3.00 bits per heavy atom. The Morgan fingerprint density at radius 1 is 1.64 bits per heavy atom. The fourth-order valence-electron chi connectivity index (χ4n) is 1.41. The van der Waals surface area contributed by atoms with Crippen LogP contribution in [0.2, 0.25) is 0 Å². The highest BCUT2D eigenvalue weighted by molar-refractivity contribution is 5.20. The Bertz CT molecular complexity index is 393. The van der Waals surface area contributed by atoms with Crippen LogP contribution in [0.1, 0.15) is 17.4 Å². The van der Waals surface area contributed by atoms with Gasteiger partial charge in [0.15, 0.2) is 0 Å². The lowest BCUT2D eigenvalue weighted by molar-refractivity contribution is 0.541. The second-order valence-electron chi connectivity index (χ2n) is 3.05. The summed E-state index contributed by atoms with van der Waals surface area (Å²) < 4.78 is 6.92. The number of furan rings is 1. The van der Waals surface area contributed by atoms with E-state index in [4.69, 9.17) is 10.3 Å². The van der Waals surface area contributed by atoms with E-state index >= 15 is 0 Å². The van der Waals surface area contributed by atoms with Gasteiger partial charge in [-0.1, -0.05) is 0 Å². The fraction of sp³-hybridized carbons (Fsp3) is 0.222. The molecule has 3 N–H and O–H groups in total. The van der Waals surface area contributed by atoms with Crippen molar-refractivity contribution in [3.05, 3.63) is 42.4 Å². The van der Waals surface area contributed by atoms with Crippen LogP contribution >= 0.6 is 0 Å². The van der Waals surface area contributed by atoms with E-state index < -0.39 is 0 Å². The molecule has 0 bridgehead atoms. The molecule has 14 heavy (non-hydrogen) atoms. The van der Waals surface area contributed by atoms with E-state index in [2.05, 4.69) is 10.4 Å². The molecule has 5 nitrogen and oxygen atoms in total. The summed E-state index contributed by atoms with van der Waals surface area (Å²) >= 11 is 0. The predicted octanol–water partition coefficient (Wildman–Crippen LogP) is 0.566. The van der Waals surface area contributed by atoms with Gasteiger partial charge in [-0.05, 0) is 6.07 Å². The van der Waals surface area contributed by atoms with Crippen molar-refractivity contribution in [2.75, 3.05) is 0 Å². The second kappa shape index (κ2) is 3.65. The molecule has 2 rings (SSSR count). The first-order valence-electron chi connectivity index (χ1n) is 4.28. The van der Waals surface area contributed by atoms with Crippen LogP contribution in [-0.2, 0) is 7.05 Å². The van der Waals surface area contributed by atoms with Crippen molar-refractivity contribution in [3.8, 4) is 0 Å². The largest absolute Gasteiger partial charge is 0.472 e. The zero-order valence-electron chi connectivity index (χ0n) is 7.84. The monoisotopic (exact) mass is 192 g/mol. The smallest absolute Gasteiger partial charge is 0.131 e. The molecule has 2 aromatic heterocycles. The standard InChI is InChI=1S/C9H12N4O/c1-13-4-3-11-9(13)8(12-10)7-2-5-14-6-7/h2-6,8,12H,10H2,1H3. The maximum Gasteiger partial charge on any atom is 0.131 e. The van der Waals surface area contributed by atoms with E-state index in [1.54, 1.807) is 18.7 Å². The van der Waals surface area contributed by atoms with E-state index in [1.165, 1.54) is 0 Å². The molecule has 0 fully saturated rings. The van der Waals surface area contributed by atoms with Crippen LogP contribution in [0.4, 0.5) is 0 Å². The molecule has 0 amide bonds. The second-order valence-corrected chi connectivity index (χ2v) is 3.05. The zero-order valence-corrected chi connectivity index (χ0v) is 7.84. The van der Waals surface area contributed by atoms with E-state index in [0.29, 0.717) is 0 Å². The molecular formula is C9H12N4O. The number of nitrogens with one attached hydrogen (secondary N) is 1. The number of hydrazine groups is 1. The van der Waals surface area contributed by atoms with Crippen LogP contribution in [-0.4, -0.2) is 9.55 Å². The van der Waals surface area contributed by atoms with E-state index in [1.807, 2.05) is 23.9 Å².